The van der Waals surface area contributed by atoms with Crippen LogP contribution in [0.25, 0.3) is 16.9 Å². The van der Waals surface area contributed by atoms with E-state index in [4.69, 9.17) is 19.2 Å². The van der Waals surface area contributed by atoms with Gasteiger partial charge in [-0.3, -0.25) is 5.10 Å². The first-order chi connectivity index (χ1) is 14.7. The molecule has 0 unspecified atom stereocenters. The molecule has 1 aliphatic rings. The van der Waals surface area contributed by atoms with E-state index in [9.17, 15) is 4.79 Å². The Morgan fingerprint density at radius 3 is 2.73 bits per heavy atom. The van der Waals surface area contributed by atoms with Crippen LogP contribution in [0.2, 0.25) is 0 Å². The van der Waals surface area contributed by atoms with Crippen molar-refractivity contribution in [1.29, 1.82) is 0 Å². The summed E-state index contributed by atoms with van der Waals surface area (Å²) in [5.74, 6) is 1.73. The summed E-state index contributed by atoms with van der Waals surface area (Å²) in [6.45, 7) is 2.49. The molecule has 1 fully saturated rings. The van der Waals surface area contributed by atoms with Crippen LogP contribution in [0.1, 0.15) is 49.4 Å². The Balaban J connectivity index is 1.82. The molecular formula is C22H28N4O4. The number of aromatic nitrogens is 3. The van der Waals surface area contributed by atoms with E-state index < -0.39 is 5.97 Å². The molecule has 0 spiro atoms. The minimum Gasteiger partial charge on any atom is -0.493 e. The first-order valence-electron chi connectivity index (χ1n) is 10.4. The second kappa shape index (κ2) is 8.69. The van der Waals surface area contributed by atoms with Crippen molar-refractivity contribution in [2.45, 2.75) is 45.1 Å². The van der Waals surface area contributed by atoms with E-state index in [0.717, 1.165) is 29.9 Å². The van der Waals surface area contributed by atoms with Gasteiger partial charge in [-0.15, -0.1) is 0 Å². The molecule has 3 aromatic rings. The summed E-state index contributed by atoms with van der Waals surface area (Å²) in [6.07, 6.45) is 7.56. The van der Waals surface area contributed by atoms with Gasteiger partial charge in [0.05, 0.1) is 20.8 Å². The monoisotopic (exact) mass is 412 g/mol. The molecule has 30 heavy (non-hydrogen) atoms. The van der Waals surface area contributed by atoms with Crippen molar-refractivity contribution < 1.29 is 19.0 Å². The van der Waals surface area contributed by atoms with Crippen molar-refractivity contribution >= 4 is 17.4 Å². The maximum Gasteiger partial charge on any atom is 0.343 e. The van der Waals surface area contributed by atoms with Gasteiger partial charge >= 0.3 is 5.97 Å². The maximum absolute atomic E-state index is 12.2. The lowest BCUT2D eigenvalue weighted by Gasteiger charge is -2.24. The number of rotatable bonds is 7. The van der Waals surface area contributed by atoms with Crippen molar-refractivity contribution in [3.63, 3.8) is 0 Å². The first-order valence-corrected chi connectivity index (χ1v) is 10.4. The third-order valence-electron chi connectivity index (χ3n) is 5.54. The number of H-pyrrole nitrogens is 1. The molecule has 2 N–H and O–H groups in total. The molecule has 2 heterocycles. The van der Waals surface area contributed by atoms with Gasteiger partial charge in [-0.05, 0) is 38.0 Å². The highest BCUT2D eigenvalue weighted by Crippen LogP contribution is 2.37. The number of imidazole rings is 1. The number of nitrogens with zero attached hydrogens (tertiary/aromatic N) is 2. The zero-order valence-corrected chi connectivity index (χ0v) is 17.7. The number of carbonyl (C=O) groups excluding carboxylic acids is 1. The number of hydrogen-bond acceptors (Lipinski definition) is 6. The smallest absolute Gasteiger partial charge is 0.343 e. The standard InChI is InChI=1S/C22H28N4O4/c1-4-30-17-11-10-14(12-18(17)28-2)19-21(24-15-8-6-5-7-9-15)26-20(25-19)16(13-23-26)22(27)29-3/h10-13,15,23-24H,4-9H2,1-3H3. The molecule has 160 valence electrons. The molecule has 8 heteroatoms. The van der Waals surface area contributed by atoms with E-state index in [1.165, 1.54) is 26.4 Å². The summed E-state index contributed by atoms with van der Waals surface area (Å²) in [5.41, 5.74) is 2.55. The largest absolute Gasteiger partial charge is 0.493 e. The summed E-state index contributed by atoms with van der Waals surface area (Å²) in [5, 5.41) is 6.81. The fraction of sp³-hybridized carbons (Fsp3) is 0.455. The van der Waals surface area contributed by atoms with Crippen molar-refractivity contribution in [2.24, 2.45) is 0 Å². The Morgan fingerprint density at radius 1 is 1.23 bits per heavy atom. The SMILES string of the molecule is CCOc1ccc(-c2nc3c(C(=O)OC)c[nH]n3c2NC2CCCCC2)cc1OC. The van der Waals surface area contributed by atoms with Crippen molar-refractivity contribution in [3.05, 3.63) is 30.0 Å². The number of esters is 1. The zero-order valence-electron chi connectivity index (χ0n) is 17.7. The number of methoxy groups -OCH3 is 2. The second-order valence-electron chi connectivity index (χ2n) is 7.42. The average Bonchev–Trinajstić information content (AvgIpc) is 3.35. The lowest BCUT2D eigenvalue weighted by atomic mass is 9.95. The molecule has 0 bridgehead atoms. The van der Waals surface area contributed by atoms with Crippen LogP contribution in [0.5, 0.6) is 11.5 Å². The van der Waals surface area contributed by atoms with Gasteiger partial charge in [0.2, 0.25) is 0 Å². The molecule has 0 aliphatic heterocycles. The van der Waals surface area contributed by atoms with Gasteiger partial charge < -0.3 is 19.5 Å². The van der Waals surface area contributed by atoms with Crippen molar-refractivity contribution in [1.82, 2.24) is 14.6 Å². The van der Waals surface area contributed by atoms with Crippen LogP contribution in [-0.2, 0) is 4.74 Å². The van der Waals surface area contributed by atoms with Crippen LogP contribution in [-0.4, -0.2) is 47.4 Å². The summed E-state index contributed by atoms with van der Waals surface area (Å²) in [4.78, 5) is 17.0. The summed E-state index contributed by atoms with van der Waals surface area (Å²) >= 11 is 0. The maximum atomic E-state index is 12.2. The molecule has 8 nitrogen and oxygen atoms in total. The first kappa shape index (κ1) is 20.1. The zero-order chi connectivity index (χ0) is 21.1. The summed E-state index contributed by atoms with van der Waals surface area (Å²) < 4.78 is 17.9. The number of carbonyl (C=O) groups is 1. The van der Waals surface area contributed by atoms with Crippen LogP contribution in [0.15, 0.2) is 24.4 Å². The van der Waals surface area contributed by atoms with Crippen LogP contribution in [0, 0.1) is 0 Å². The van der Waals surface area contributed by atoms with Gasteiger partial charge in [0.1, 0.15) is 11.3 Å². The van der Waals surface area contributed by atoms with Crippen molar-refractivity contribution in [2.75, 3.05) is 26.1 Å². The van der Waals surface area contributed by atoms with E-state index in [-0.39, 0.29) is 0 Å². The molecule has 1 aromatic carbocycles. The lowest BCUT2D eigenvalue weighted by Crippen LogP contribution is -2.23. The molecule has 4 rings (SSSR count). The fourth-order valence-corrected chi connectivity index (χ4v) is 4.04. The van der Waals surface area contributed by atoms with E-state index in [0.29, 0.717) is 35.4 Å². The molecule has 1 saturated carbocycles. The fourth-order valence-electron chi connectivity index (χ4n) is 4.04. The number of ether oxygens (including phenoxy) is 3. The van der Waals surface area contributed by atoms with Crippen LogP contribution in [0.4, 0.5) is 5.82 Å². The Hall–Kier alpha value is -3.16. The number of aromatic amines is 1. The molecule has 0 saturated heterocycles. The van der Waals surface area contributed by atoms with Crippen LogP contribution >= 0.6 is 0 Å². The van der Waals surface area contributed by atoms with Gasteiger partial charge in [0, 0.05) is 17.8 Å². The Kier molecular flexibility index (Phi) is 5.83. The average molecular weight is 412 g/mol. The van der Waals surface area contributed by atoms with E-state index in [2.05, 4.69) is 10.4 Å². The van der Waals surface area contributed by atoms with Gasteiger partial charge in [0.25, 0.3) is 0 Å². The third kappa shape index (κ3) is 3.69. The minimum absolute atomic E-state index is 0.367. The van der Waals surface area contributed by atoms with E-state index >= 15 is 0 Å². The number of hydrogen-bond donors (Lipinski definition) is 2. The van der Waals surface area contributed by atoms with Gasteiger partial charge in [0.15, 0.2) is 23.0 Å². The highest BCUT2D eigenvalue weighted by Gasteiger charge is 2.24. The number of fused-ring (bicyclic) bond motifs is 1. The number of anilines is 1. The Labute approximate surface area is 175 Å². The Morgan fingerprint density at radius 2 is 2.03 bits per heavy atom. The quantitative estimate of drug-likeness (QED) is 0.564. The molecule has 1 aliphatic carbocycles. The Bertz CT molecular complexity index is 1030. The van der Waals surface area contributed by atoms with Gasteiger partial charge in [-0.2, -0.15) is 0 Å². The van der Waals surface area contributed by atoms with Crippen LogP contribution in [0.3, 0.4) is 0 Å². The molecule has 0 atom stereocenters. The molecular weight excluding hydrogens is 384 g/mol. The minimum atomic E-state index is -0.425. The lowest BCUT2D eigenvalue weighted by molar-refractivity contribution is 0.0602. The van der Waals surface area contributed by atoms with E-state index in [1.54, 1.807) is 13.3 Å². The van der Waals surface area contributed by atoms with Gasteiger partial charge in [-0.1, -0.05) is 19.3 Å². The summed E-state index contributed by atoms with van der Waals surface area (Å²) in [6, 6.07) is 6.12. The number of benzene rings is 1. The van der Waals surface area contributed by atoms with E-state index in [1.807, 2.05) is 29.6 Å². The summed E-state index contributed by atoms with van der Waals surface area (Å²) in [7, 11) is 2.99. The highest BCUT2D eigenvalue weighted by atomic mass is 16.5. The van der Waals surface area contributed by atoms with Gasteiger partial charge in [-0.25, -0.2) is 14.3 Å². The van der Waals surface area contributed by atoms with Crippen molar-refractivity contribution in [3.8, 4) is 22.8 Å². The topological polar surface area (TPSA) is 89.9 Å². The normalized spacial score (nSPS) is 14.6. The molecule has 0 radical (unpaired) electrons. The highest BCUT2D eigenvalue weighted by molar-refractivity contribution is 5.97. The predicted octanol–water partition coefficient (Wildman–Crippen LogP) is 4.27. The predicted molar refractivity (Wildman–Crippen MR) is 115 cm³/mol. The van der Waals surface area contributed by atoms with Crippen LogP contribution < -0.4 is 14.8 Å². The third-order valence-corrected chi connectivity index (χ3v) is 5.54. The molecule has 2 aromatic heterocycles. The number of nitrogens with one attached hydrogen (secondary N) is 2. The molecule has 0 amide bonds. The second-order valence-corrected chi connectivity index (χ2v) is 7.42.